The molecule has 0 aliphatic carbocycles. The van der Waals surface area contributed by atoms with Gasteiger partial charge >= 0.3 is 0 Å². The van der Waals surface area contributed by atoms with Gasteiger partial charge in [0, 0.05) is 6.26 Å². The molecule has 0 bridgehead atoms. The van der Waals surface area contributed by atoms with Crippen molar-refractivity contribution in [1.82, 2.24) is 0 Å². The van der Waals surface area contributed by atoms with E-state index in [1.807, 2.05) is 44.2 Å². The molecule has 0 amide bonds. The number of rotatable bonds is 8. The molecule has 0 saturated heterocycles. The zero-order chi connectivity index (χ0) is 26.2. The van der Waals surface area contributed by atoms with Gasteiger partial charge in [-0.25, -0.2) is 17.2 Å². The average Bonchev–Trinajstić information content (AvgIpc) is 2.78. The first-order valence-electron chi connectivity index (χ1n) is 12.2. The van der Waals surface area contributed by atoms with Crippen molar-refractivity contribution in [2.45, 2.75) is 71.1 Å². The molecule has 0 fully saturated rings. The van der Waals surface area contributed by atoms with E-state index in [0.29, 0.717) is 16.7 Å². The molecule has 3 aromatic carbocycles. The van der Waals surface area contributed by atoms with Crippen LogP contribution in [-0.2, 0) is 22.7 Å². The number of benzene rings is 3. The summed E-state index contributed by atoms with van der Waals surface area (Å²) in [4.78, 5) is 0.386. The molecule has 3 rings (SSSR count). The van der Waals surface area contributed by atoms with Crippen LogP contribution < -0.4 is 0 Å². The third-order valence-corrected chi connectivity index (χ3v) is 7.43. The Morgan fingerprint density at radius 3 is 1.86 bits per heavy atom. The van der Waals surface area contributed by atoms with Gasteiger partial charge in [-0.15, -0.1) is 0 Å². The summed E-state index contributed by atoms with van der Waals surface area (Å²) < 4.78 is 49.1. The van der Waals surface area contributed by atoms with Crippen molar-refractivity contribution in [3.8, 4) is 0 Å². The minimum Gasteiger partial charge on any atom is -0.224 e. The van der Waals surface area contributed by atoms with Crippen LogP contribution in [0, 0.1) is 31.4 Å². The van der Waals surface area contributed by atoms with Gasteiger partial charge in [0.05, 0.1) is 4.90 Å². The van der Waals surface area contributed by atoms with E-state index in [2.05, 4.69) is 20.8 Å². The lowest BCUT2D eigenvalue weighted by Crippen LogP contribution is -2.02. The smallest absolute Gasteiger partial charge is 0.175 e. The van der Waals surface area contributed by atoms with Crippen LogP contribution in [0.4, 0.5) is 8.78 Å². The molecule has 190 valence electrons. The largest absolute Gasteiger partial charge is 0.224 e. The highest BCUT2D eigenvalue weighted by Gasteiger charge is 2.09. The van der Waals surface area contributed by atoms with Gasteiger partial charge in [0.2, 0.25) is 0 Å². The Kier molecular flexibility index (Phi) is 10.6. The average molecular weight is 501 g/mol. The molecular weight excluding hydrogens is 462 g/mol. The maximum atomic E-state index is 13.8. The number of hydrogen-bond acceptors (Lipinski definition) is 2. The molecule has 0 spiro atoms. The molecule has 1 unspecified atom stereocenters. The van der Waals surface area contributed by atoms with Crippen molar-refractivity contribution < 1.29 is 17.2 Å². The highest BCUT2D eigenvalue weighted by Crippen LogP contribution is 2.20. The molecule has 3 aromatic rings. The van der Waals surface area contributed by atoms with Crippen LogP contribution in [0.5, 0.6) is 0 Å². The van der Waals surface area contributed by atoms with Gasteiger partial charge in [0.15, 0.2) is 9.84 Å². The Hall–Kier alpha value is -2.53. The van der Waals surface area contributed by atoms with Crippen molar-refractivity contribution >= 4 is 9.84 Å². The van der Waals surface area contributed by atoms with Crippen LogP contribution in [-0.4, -0.2) is 14.7 Å². The summed E-state index contributed by atoms with van der Waals surface area (Å²) >= 11 is 0. The van der Waals surface area contributed by atoms with Crippen molar-refractivity contribution in [2.24, 2.45) is 5.92 Å². The zero-order valence-corrected chi connectivity index (χ0v) is 22.6. The maximum Gasteiger partial charge on any atom is 0.175 e. The first kappa shape index (κ1) is 28.7. The van der Waals surface area contributed by atoms with Crippen molar-refractivity contribution in [3.63, 3.8) is 0 Å². The fourth-order valence-corrected chi connectivity index (χ4v) is 4.47. The third-order valence-electron chi connectivity index (χ3n) is 6.30. The number of halogens is 2. The molecule has 0 heterocycles. The second-order valence-electron chi connectivity index (χ2n) is 9.84. The zero-order valence-electron chi connectivity index (χ0n) is 21.7. The summed E-state index contributed by atoms with van der Waals surface area (Å²) in [6.45, 7) is 10.2. The minimum atomic E-state index is -3.05. The Bertz CT molecular complexity index is 1140. The fraction of sp³-hybridized carbons (Fsp3) is 0.400. The highest BCUT2D eigenvalue weighted by atomic mass is 32.2. The van der Waals surface area contributed by atoms with E-state index in [-0.39, 0.29) is 11.6 Å². The molecule has 0 aliphatic rings. The normalized spacial score (nSPS) is 12.3. The minimum absolute atomic E-state index is 0.0958. The Morgan fingerprint density at radius 1 is 0.771 bits per heavy atom. The van der Waals surface area contributed by atoms with Gasteiger partial charge in [0.25, 0.3) is 0 Å². The van der Waals surface area contributed by atoms with Gasteiger partial charge in [-0.1, -0.05) is 51.1 Å². The summed E-state index contributed by atoms with van der Waals surface area (Å²) in [5, 5.41) is 0. The van der Waals surface area contributed by atoms with Crippen molar-refractivity contribution in [3.05, 3.63) is 100 Å². The summed E-state index contributed by atoms with van der Waals surface area (Å²) in [5.74, 6) is 0.685. The standard InChI is InChI=1S/C20H24F2.C10H14O2S/c1-14(4-7-17-10-11-19(21)13-16(17)3)5-8-18-9-6-15(2)12-20(18)22;1-8(2)9-4-6-10(7-5-9)13(3,11)12/h6,9-14H,4-5,7-8H2,1-3H3;4-8H,1-3H3. The lowest BCUT2D eigenvalue weighted by molar-refractivity contribution is 0.484. The molecule has 1 atom stereocenters. The summed E-state index contributed by atoms with van der Waals surface area (Å²) in [7, 11) is -3.05. The van der Waals surface area contributed by atoms with E-state index in [9.17, 15) is 17.2 Å². The second kappa shape index (κ2) is 13.0. The fourth-order valence-electron chi connectivity index (χ4n) is 3.84. The van der Waals surface area contributed by atoms with E-state index >= 15 is 0 Å². The van der Waals surface area contributed by atoms with Gasteiger partial charge in [-0.3, -0.25) is 0 Å². The van der Waals surface area contributed by atoms with Crippen LogP contribution in [0.15, 0.2) is 65.6 Å². The van der Waals surface area contributed by atoms with Crippen LogP contribution >= 0.6 is 0 Å². The Labute approximate surface area is 210 Å². The van der Waals surface area contributed by atoms with Crippen molar-refractivity contribution in [2.75, 3.05) is 6.26 Å². The third kappa shape index (κ3) is 9.56. The quantitative estimate of drug-likeness (QED) is 0.314. The first-order chi connectivity index (χ1) is 16.4. The van der Waals surface area contributed by atoms with E-state index in [1.165, 1.54) is 17.9 Å². The topological polar surface area (TPSA) is 34.1 Å². The van der Waals surface area contributed by atoms with Crippen LogP contribution in [0.1, 0.15) is 67.3 Å². The summed E-state index contributed by atoms with van der Waals surface area (Å²) in [6.07, 6.45) is 4.96. The Morgan fingerprint density at radius 2 is 1.34 bits per heavy atom. The molecule has 0 aromatic heterocycles. The van der Waals surface area contributed by atoms with Gasteiger partial charge in [-0.05, 0) is 110 Å². The number of sulfone groups is 1. The van der Waals surface area contributed by atoms with Crippen LogP contribution in [0.25, 0.3) is 0 Å². The van der Waals surface area contributed by atoms with E-state index in [0.717, 1.165) is 47.9 Å². The Balaban J connectivity index is 0.000000283. The second-order valence-corrected chi connectivity index (χ2v) is 11.9. The predicted molar refractivity (Wildman–Crippen MR) is 142 cm³/mol. The molecule has 2 nitrogen and oxygen atoms in total. The van der Waals surface area contributed by atoms with Crippen LogP contribution in [0.2, 0.25) is 0 Å². The molecule has 35 heavy (non-hydrogen) atoms. The SMILES string of the molecule is CC(C)c1ccc(S(C)(=O)=O)cc1.Cc1ccc(CCC(C)CCc2ccc(F)cc2C)c(F)c1. The molecular formula is C30H38F2O2S. The molecule has 0 aliphatic heterocycles. The molecule has 0 N–H and O–H groups in total. The first-order valence-corrected chi connectivity index (χ1v) is 14.1. The predicted octanol–water partition coefficient (Wildman–Crippen LogP) is 8.00. The van der Waals surface area contributed by atoms with E-state index in [1.54, 1.807) is 24.3 Å². The summed E-state index contributed by atoms with van der Waals surface area (Å²) in [5.41, 5.74) is 5.13. The van der Waals surface area contributed by atoms with Crippen LogP contribution in [0.3, 0.4) is 0 Å². The molecule has 0 saturated carbocycles. The maximum absolute atomic E-state index is 13.8. The number of hydrogen-bond donors (Lipinski definition) is 0. The van der Waals surface area contributed by atoms with E-state index < -0.39 is 9.84 Å². The lowest BCUT2D eigenvalue weighted by Gasteiger charge is -2.13. The molecule has 5 heteroatoms. The van der Waals surface area contributed by atoms with Gasteiger partial charge < -0.3 is 0 Å². The van der Waals surface area contributed by atoms with Crippen molar-refractivity contribution in [1.29, 1.82) is 0 Å². The highest BCUT2D eigenvalue weighted by molar-refractivity contribution is 7.90. The molecule has 0 radical (unpaired) electrons. The van der Waals surface area contributed by atoms with E-state index in [4.69, 9.17) is 0 Å². The van der Waals surface area contributed by atoms with Gasteiger partial charge in [-0.2, -0.15) is 0 Å². The number of aryl methyl sites for hydroxylation is 4. The monoisotopic (exact) mass is 500 g/mol. The van der Waals surface area contributed by atoms with Gasteiger partial charge in [0.1, 0.15) is 11.6 Å². The summed E-state index contributed by atoms with van der Waals surface area (Å²) in [6, 6.07) is 17.5. The lowest BCUT2D eigenvalue weighted by atomic mass is 9.93.